The van der Waals surface area contributed by atoms with Crippen LogP contribution in [0.3, 0.4) is 0 Å². The third kappa shape index (κ3) is 9.67. The molecule has 0 radical (unpaired) electrons. The molecule has 0 aliphatic carbocycles. The third-order valence-electron chi connectivity index (χ3n) is 7.91. The number of allylic oxidation sites excluding steroid dienone is 2. The van der Waals surface area contributed by atoms with Crippen molar-refractivity contribution in [3.8, 4) is 0 Å². The van der Waals surface area contributed by atoms with Gasteiger partial charge in [-0.2, -0.15) is 0 Å². The molecular formula is C32H56N2O. The summed E-state index contributed by atoms with van der Waals surface area (Å²) in [6.07, 6.45) is 2.06. The van der Waals surface area contributed by atoms with Crippen LogP contribution < -0.4 is 5.32 Å². The number of para-hydroxylation sites is 1. The standard InChI is InChI=1S/C32H56N2O/c1-24(33-26-18-16-15-17-19-26)27(30(6,7)8)23-31(9,10)32(11,12)28(22-29(3,4)5)25(2)35-21-20-34(13)14/h15-19,27-28,33H,1-2,20-23H2,3-14H3. The maximum absolute atomic E-state index is 6.28. The summed E-state index contributed by atoms with van der Waals surface area (Å²) in [5.41, 5.74) is 2.40. The lowest BCUT2D eigenvalue weighted by molar-refractivity contribution is -0.0179. The van der Waals surface area contributed by atoms with Crippen LogP contribution >= 0.6 is 0 Å². The number of benzene rings is 1. The van der Waals surface area contributed by atoms with Crippen molar-refractivity contribution in [3.05, 3.63) is 54.9 Å². The van der Waals surface area contributed by atoms with E-state index in [0.29, 0.717) is 12.5 Å². The predicted molar refractivity (Wildman–Crippen MR) is 156 cm³/mol. The largest absolute Gasteiger partial charge is 0.497 e. The second-order valence-electron chi connectivity index (χ2n) is 14.2. The molecule has 0 aromatic heterocycles. The van der Waals surface area contributed by atoms with Crippen molar-refractivity contribution in [1.29, 1.82) is 0 Å². The Kier molecular flexibility index (Phi) is 10.7. The molecule has 2 unspecified atom stereocenters. The van der Waals surface area contributed by atoms with Gasteiger partial charge in [0.2, 0.25) is 0 Å². The quantitative estimate of drug-likeness (QED) is 0.283. The van der Waals surface area contributed by atoms with E-state index in [2.05, 4.69) is 131 Å². The van der Waals surface area contributed by atoms with E-state index in [9.17, 15) is 0 Å². The SMILES string of the molecule is C=C(Nc1ccccc1)C(CC(C)(C)C(C)(C)C(CC(C)(C)C)C(=C)OCCN(C)C)C(C)(C)C. The highest BCUT2D eigenvalue weighted by molar-refractivity contribution is 5.48. The van der Waals surface area contributed by atoms with Gasteiger partial charge in [0.15, 0.2) is 0 Å². The van der Waals surface area contributed by atoms with E-state index in [0.717, 1.165) is 36.5 Å². The highest BCUT2D eigenvalue weighted by atomic mass is 16.5. The third-order valence-corrected chi connectivity index (χ3v) is 7.91. The molecule has 0 spiro atoms. The van der Waals surface area contributed by atoms with Gasteiger partial charge in [-0.15, -0.1) is 0 Å². The van der Waals surface area contributed by atoms with E-state index in [4.69, 9.17) is 4.74 Å². The number of ether oxygens (including phenoxy) is 1. The van der Waals surface area contributed by atoms with Crippen LogP contribution in [0.5, 0.6) is 0 Å². The van der Waals surface area contributed by atoms with Crippen molar-refractivity contribution in [1.82, 2.24) is 4.90 Å². The number of hydrogen-bond acceptors (Lipinski definition) is 3. The zero-order valence-corrected chi connectivity index (χ0v) is 25.1. The summed E-state index contributed by atoms with van der Waals surface area (Å²) in [4.78, 5) is 2.15. The Bertz CT molecular complexity index is 806. The van der Waals surface area contributed by atoms with Crippen molar-refractivity contribution in [2.24, 2.45) is 33.5 Å². The molecular weight excluding hydrogens is 428 g/mol. The van der Waals surface area contributed by atoms with Gasteiger partial charge in [0.05, 0.1) is 5.76 Å². The minimum Gasteiger partial charge on any atom is -0.497 e. The molecule has 1 aromatic rings. The van der Waals surface area contributed by atoms with Gasteiger partial charge in [0, 0.05) is 29.8 Å². The lowest BCUT2D eigenvalue weighted by Crippen LogP contribution is -2.44. The van der Waals surface area contributed by atoms with Crippen LogP contribution in [-0.4, -0.2) is 32.1 Å². The Morgan fingerprint density at radius 2 is 1.40 bits per heavy atom. The number of nitrogens with zero attached hydrogens (tertiary/aromatic N) is 1. The van der Waals surface area contributed by atoms with Crippen LogP contribution in [0.4, 0.5) is 5.69 Å². The molecule has 1 aromatic carbocycles. The molecule has 0 saturated carbocycles. The van der Waals surface area contributed by atoms with Crippen LogP contribution in [0, 0.1) is 33.5 Å². The van der Waals surface area contributed by atoms with Gasteiger partial charge >= 0.3 is 0 Å². The fourth-order valence-electron chi connectivity index (χ4n) is 4.83. The van der Waals surface area contributed by atoms with Gasteiger partial charge < -0.3 is 15.0 Å². The molecule has 1 N–H and O–H groups in total. The van der Waals surface area contributed by atoms with E-state index in [1.54, 1.807) is 0 Å². The second kappa shape index (κ2) is 12.0. The zero-order chi connectivity index (χ0) is 27.2. The first-order chi connectivity index (χ1) is 15.8. The molecule has 0 heterocycles. The van der Waals surface area contributed by atoms with E-state index < -0.39 is 0 Å². The second-order valence-corrected chi connectivity index (χ2v) is 14.2. The first-order valence-corrected chi connectivity index (χ1v) is 13.2. The highest BCUT2D eigenvalue weighted by Crippen LogP contribution is 2.55. The summed E-state index contributed by atoms with van der Waals surface area (Å²) >= 11 is 0. The first kappa shape index (κ1) is 31.3. The zero-order valence-electron chi connectivity index (χ0n) is 25.1. The van der Waals surface area contributed by atoms with E-state index in [1.165, 1.54) is 0 Å². The maximum Gasteiger partial charge on any atom is 0.100 e. The Hall–Kier alpha value is -1.74. The summed E-state index contributed by atoms with van der Waals surface area (Å²) in [7, 11) is 4.16. The van der Waals surface area contributed by atoms with Crippen molar-refractivity contribution < 1.29 is 4.74 Å². The maximum atomic E-state index is 6.28. The van der Waals surface area contributed by atoms with Gasteiger partial charge in [-0.25, -0.2) is 0 Å². The first-order valence-electron chi connectivity index (χ1n) is 13.2. The molecule has 0 aliphatic heterocycles. The van der Waals surface area contributed by atoms with Crippen LogP contribution in [0.15, 0.2) is 54.9 Å². The van der Waals surface area contributed by atoms with Gasteiger partial charge in [-0.1, -0.05) is 101 Å². The van der Waals surface area contributed by atoms with Crippen LogP contribution in [0.25, 0.3) is 0 Å². The summed E-state index contributed by atoms with van der Waals surface area (Å²) < 4.78 is 6.28. The van der Waals surface area contributed by atoms with E-state index in [-0.39, 0.29) is 27.6 Å². The number of hydrogen-bond donors (Lipinski definition) is 1. The molecule has 0 fully saturated rings. The Morgan fingerprint density at radius 1 is 0.857 bits per heavy atom. The minimum absolute atomic E-state index is 0.00994. The fourth-order valence-corrected chi connectivity index (χ4v) is 4.83. The molecule has 0 saturated heterocycles. The summed E-state index contributed by atoms with van der Waals surface area (Å²) in [5.74, 6) is 1.47. The number of rotatable bonds is 13. The minimum atomic E-state index is -0.0357. The van der Waals surface area contributed by atoms with Gasteiger partial charge in [0.25, 0.3) is 0 Å². The molecule has 3 heteroatoms. The average molecular weight is 485 g/mol. The number of anilines is 1. The van der Waals surface area contributed by atoms with Crippen molar-refractivity contribution >= 4 is 5.69 Å². The summed E-state index contributed by atoms with van der Waals surface area (Å²) in [6.45, 7) is 34.2. The summed E-state index contributed by atoms with van der Waals surface area (Å²) in [5, 5.41) is 3.61. The molecule has 35 heavy (non-hydrogen) atoms. The van der Waals surface area contributed by atoms with Crippen LogP contribution in [0.2, 0.25) is 0 Å². The van der Waals surface area contributed by atoms with Gasteiger partial charge in [-0.05, 0) is 60.7 Å². The lowest BCUT2D eigenvalue weighted by atomic mass is 9.54. The Balaban J connectivity index is 3.25. The molecule has 0 aliphatic rings. The molecule has 0 bridgehead atoms. The number of nitrogens with one attached hydrogen (secondary N) is 1. The molecule has 0 amide bonds. The van der Waals surface area contributed by atoms with Crippen molar-refractivity contribution in [2.75, 3.05) is 32.6 Å². The molecule has 3 nitrogen and oxygen atoms in total. The topological polar surface area (TPSA) is 24.5 Å². The van der Waals surface area contributed by atoms with E-state index >= 15 is 0 Å². The molecule has 200 valence electrons. The van der Waals surface area contributed by atoms with E-state index in [1.807, 2.05) is 6.07 Å². The van der Waals surface area contributed by atoms with Crippen LogP contribution in [0.1, 0.15) is 82.1 Å². The van der Waals surface area contributed by atoms with Crippen molar-refractivity contribution in [2.45, 2.75) is 82.1 Å². The average Bonchev–Trinajstić information content (AvgIpc) is 2.69. The Morgan fingerprint density at radius 3 is 1.86 bits per heavy atom. The monoisotopic (exact) mass is 484 g/mol. The normalized spacial score (nSPS) is 15.0. The number of likely N-dealkylation sites (N-methyl/N-ethyl adjacent to an activating group) is 1. The molecule has 2 atom stereocenters. The Labute approximate surface area is 218 Å². The predicted octanol–water partition coefficient (Wildman–Crippen LogP) is 8.86. The fraction of sp³-hybridized carbons (Fsp3) is 0.688. The summed E-state index contributed by atoms with van der Waals surface area (Å²) in [6, 6.07) is 10.4. The lowest BCUT2D eigenvalue weighted by Gasteiger charge is -2.51. The smallest absolute Gasteiger partial charge is 0.100 e. The highest BCUT2D eigenvalue weighted by Gasteiger charge is 2.48. The van der Waals surface area contributed by atoms with Gasteiger partial charge in [0.1, 0.15) is 6.61 Å². The van der Waals surface area contributed by atoms with Gasteiger partial charge in [-0.3, -0.25) is 0 Å². The van der Waals surface area contributed by atoms with Crippen molar-refractivity contribution in [3.63, 3.8) is 0 Å². The van der Waals surface area contributed by atoms with Crippen LogP contribution in [-0.2, 0) is 4.74 Å². The molecule has 1 rings (SSSR count).